The molecule has 0 aromatic heterocycles. The fourth-order valence-corrected chi connectivity index (χ4v) is 6.34. The van der Waals surface area contributed by atoms with Crippen molar-refractivity contribution in [2.45, 2.75) is 37.6 Å². The summed E-state index contributed by atoms with van der Waals surface area (Å²) in [5, 5.41) is 2.97. The van der Waals surface area contributed by atoms with Crippen LogP contribution in [-0.2, 0) is 21.6 Å². The molecule has 1 saturated heterocycles. The van der Waals surface area contributed by atoms with Crippen molar-refractivity contribution in [3.8, 4) is 5.75 Å². The topological polar surface area (TPSA) is 61.9 Å². The Morgan fingerprint density at radius 1 is 1.06 bits per heavy atom. The van der Waals surface area contributed by atoms with Crippen LogP contribution in [-0.4, -0.2) is 36.2 Å². The summed E-state index contributed by atoms with van der Waals surface area (Å²) in [6.45, 7) is 7.46. The van der Waals surface area contributed by atoms with Gasteiger partial charge in [-0.25, -0.2) is 4.79 Å². The number of hydrogen-bond acceptors (Lipinski definition) is 4. The molecule has 6 nitrogen and oxygen atoms in total. The first-order valence-electron chi connectivity index (χ1n) is 12.1. The van der Waals surface area contributed by atoms with E-state index in [9.17, 15) is 9.59 Å². The van der Waals surface area contributed by atoms with Crippen molar-refractivity contribution in [1.82, 2.24) is 4.90 Å². The number of para-hydroxylation sites is 1. The van der Waals surface area contributed by atoms with Gasteiger partial charge in [-0.15, -0.1) is 11.8 Å². The quantitative estimate of drug-likeness (QED) is 0.478. The van der Waals surface area contributed by atoms with Gasteiger partial charge < -0.3 is 15.0 Å². The normalized spacial score (nSPS) is 19.1. The molecular weight excluding hydrogens is 470 g/mol. The number of fused-ring (bicyclic) bond motifs is 2. The van der Waals surface area contributed by atoms with Crippen LogP contribution in [0.2, 0.25) is 0 Å². The van der Waals surface area contributed by atoms with Gasteiger partial charge in [0, 0.05) is 23.5 Å². The van der Waals surface area contributed by atoms with Crippen molar-refractivity contribution in [1.29, 1.82) is 0 Å². The number of anilines is 2. The van der Waals surface area contributed by atoms with Crippen LogP contribution in [0, 0.1) is 0 Å². The summed E-state index contributed by atoms with van der Waals surface area (Å²) in [6, 6.07) is 23.2. The second-order valence-electron chi connectivity index (χ2n) is 10.2. The van der Waals surface area contributed by atoms with E-state index in [2.05, 4.69) is 50.4 Å². The molecule has 0 bridgehead atoms. The van der Waals surface area contributed by atoms with E-state index in [0.717, 1.165) is 16.8 Å². The number of nitrogens with zero attached hydrogens (tertiary/aromatic N) is 2. The van der Waals surface area contributed by atoms with Crippen LogP contribution in [0.5, 0.6) is 5.75 Å². The highest BCUT2D eigenvalue weighted by Crippen LogP contribution is 2.55. The van der Waals surface area contributed by atoms with Gasteiger partial charge >= 0.3 is 6.03 Å². The van der Waals surface area contributed by atoms with Crippen LogP contribution in [0.3, 0.4) is 0 Å². The average Bonchev–Trinajstić information content (AvgIpc) is 3.41. The fourth-order valence-electron chi connectivity index (χ4n) is 4.88. The summed E-state index contributed by atoms with van der Waals surface area (Å²) in [4.78, 5) is 30.1. The predicted molar refractivity (Wildman–Crippen MR) is 146 cm³/mol. The Bertz CT molecular complexity index is 1290. The lowest BCUT2D eigenvalue weighted by molar-refractivity contribution is -0.123. The van der Waals surface area contributed by atoms with Gasteiger partial charge in [-0.2, -0.15) is 0 Å². The van der Waals surface area contributed by atoms with Gasteiger partial charge in [-0.1, -0.05) is 63.2 Å². The third-order valence-corrected chi connectivity index (χ3v) is 8.25. The molecule has 186 valence electrons. The SMILES string of the molecule is COc1ccc2c(c1)[C@@]1(SCCN1C(=O)Nc1ccccc1)C(=O)N2Cc1ccc(C(C)(C)C)cc1. The first-order chi connectivity index (χ1) is 17.2. The molecule has 36 heavy (non-hydrogen) atoms. The van der Waals surface area contributed by atoms with E-state index in [1.807, 2.05) is 53.4 Å². The number of ether oxygens (including phenoxy) is 1. The first-order valence-corrected chi connectivity index (χ1v) is 13.1. The third-order valence-electron chi connectivity index (χ3n) is 6.83. The van der Waals surface area contributed by atoms with Gasteiger partial charge in [0.25, 0.3) is 5.91 Å². The number of benzene rings is 3. The van der Waals surface area contributed by atoms with Gasteiger partial charge in [0.15, 0.2) is 4.87 Å². The third kappa shape index (κ3) is 4.11. The molecule has 0 aliphatic carbocycles. The van der Waals surface area contributed by atoms with Gasteiger partial charge in [-0.3, -0.25) is 9.69 Å². The molecule has 3 aromatic rings. The molecule has 7 heteroatoms. The molecule has 0 radical (unpaired) electrons. The summed E-state index contributed by atoms with van der Waals surface area (Å²) < 4.78 is 5.51. The van der Waals surface area contributed by atoms with E-state index < -0.39 is 4.87 Å². The van der Waals surface area contributed by atoms with Crippen LogP contribution in [0.4, 0.5) is 16.2 Å². The standard InChI is InChI=1S/C29H31N3O3S/c1-28(2,3)21-12-10-20(11-13-21)19-31-25-15-14-23(35-4)18-24(25)29(26(31)33)32(16-17-36-29)27(34)30-22-8-6-5-7-9-22/h5-15,18H,16-17,19H2,1-4H3,(H,30,34)/t29-/m1/s1. The molecule has 1 fully saturated rings. The molecule has 1 N–H and O–H groups in total. The maximum atomic E-state index is 14.2. The monoisotopic (exact) mass is 501 g/mol. The van der Waals surface area contributed by atoms with E-state index in [1.165, 1.54) is 17.3 Å². The number of carbonyl (C=O) groups excluding carboxylic acids is 2. The minimum Gasteiger partial charge on any atom is -0.497 e. The van der Waals surface area contributed by atoms with Crippen molar-refractivity contribution >= 4 is 35.1 Å². The Morgan fingerprint density at radius 2 is 1.78 bits per heavy atom. The molecular formula is C29H31N3O3S. The zero-order valence-electron chi connectivity index (χ0n) is 21.1. The number of amides is 3. The van der Waals surface area contributed by atoms with Gasteiger partial charge in [0.1, 0.15) is 5.75 Å². The number of carbonyl (C=O) groups is 2. The van der Waals surface area contributed by atoms with Gasteiger partial charge in [0.2, 0.25) is 0 Å². The number of rotatable bonds is 4. The Kier molecular flexibility index (Phi) is 6.20. The predicted octanol–water partition coefficient (Wildman–Crippen LogP) is 5.97. The smallest absolute Gasteiger partial charge is 0.323 e. The second kappa shape index (κ2) is 9.21. The summed E-state index contributed by atoms with van der Waals surface area (Å²) in [5.74, 6) is 1.23. The maximum absolute atomic E-state index is 14.2. The molecule has 3 amide bonds. The van der Waals surface area contributed by atoms with E-state index >= 15 is 0 Å². The summed E-state index contributed by atoms with van der Waals surface area (Å²) >= 11 is 1.51. The molecule has 2 aliphatic heterocycles. The number of thioether (sulfide) groups is 1. The van der Waals surface area contributed by atoms with Crippen molar-refractivity contribution in [3.63, 3.8) is 0 Å². The van der Waals surface area contributed by atoms with Crippen molar-refractivity contribution in [3.05, 3.63) is 89.5 Å². The van der Waals surface area contributed by atoms with E-state index in [0.29, 0.717) is 30.3 Å². The summed E-state index contributed by atoms with van der Waals surface area (Å²) in [5.41, 5.74) is 4.65. The van der Waals surface area contributed by atoms with Crippen LogP contribution < -0.4 is 15.0 Å². The van der Waals surface area contributed by atoms with Crippen LogP contribution in [0.25, 0.3) is 0 Å². The van der Waals surface area contributed by atoms with Crippen LogP contribution in [0.15, 0.2) is 72.8 Å². The Balaban J connectivity index is 1.51. The molecule has 2 aliphatic rings. The molecule has 1 spiro atoms. The summed E-state index contributed by atoms with van der Waals surface area (Å²) in [7, 11) is 1.61. The summed E-state index contributed by atoms with van der Waals surface area (Å²) in [6.07, 6.45) is 0. The minimum absolute atomic E-state index is 0.0578. The molecule has 5 rings (SSSR count). The Morgan fingerprint density at radius 3 is 2.44 bits per heavy atom. The number of methoxy groups -OCH3 is 1. The highest BCUT2D eigenvalue weighted by atomic mass is 32.2. The highest BCUT2D eigenvalue weighted by molar-refractivity contribution is 8.01. The number of hydrogen-bond donors (Lipinski definition) is 1. The van der Waals surface area contributed by atoms with E-state index in [1.54, 1.807) is 12.0 Å². The van der Waals surface area contributed by atoms with Crippen LogP contribution in [0.1, 0.15) is 37.5 Å². The number of nitrogens with one attached hydrogen (secondary N) is 1. The molecule has 2 heterocycles. The molecule has 1 atom stereocenters. The lowest BCUT2D eigenvalue weighted by Crippen LogP contribution is -2.51. The zero-order chi connectivity index (χ0) is 25.5. The van der Waals surface area contributed by atoms with E-state index in [4.69, 9.17) is 4.74 Å². The lowest BCUT2D eigenvalue weighted by Gasteiger charge is -2.33. The molecule has 3 aromatic carbocycles. The maximum Gasteiger partial charge on any atom is 0.323 e. The van der Waals surface area contributed by atoms with Crippen molar-refractivity contribution < 1.29 is 14.3 Å². The van der Waals surface area contributed by atoms with Gasteiger partial charge in [0.05, 0.1) is 19.3 Å². The average molecular weight is 502 g/mol. The Labute approximate surface area is 216 Å². The fraction of sp³-hybridized carbons (Fsp3) is 0.310. The number of urea groups is 1. The molecule has 0 unspecified atom stereocenters. The lowest BCUT2D eigenvalue weighted by atomic mass is 9.87. The van der Waals surface area contributed by atoms with Gasteiger partial charge in [-0.05, 0) is 46.9 Å². The van der Waals surface area contributed by atoms with Crippen molar-refractivity contribution in [2.75, 3.05) is 29.6 Å². The zero-order valence-corrected chi connectivity index (χ0v) is 21.9. The first kappa shape index (κ1) is 24.3. The molecule has 0 saturated carbocycles. The second-order valence-corrected chi connectivity index (χ2v) is 11.4. The Hall–Kier alpha value is -3.45. The largest absolute Gasteiger partial charge is 0.497 e. The minimum atomic E-state index is -1.13. The highest BCUT2D eigenvalue weighted by Gasteiger charge is 2.59. The van der Waals surface area contributed by atoms with Crippen molar-refractivity contribution in [2.24, 2.45) is 0 Å². The van der Waals surface area contributed by atoms with Crippen LogP contribution >= 0.6 is 11.8 Å². The van der Waals surface area contributed by atoms with E-state index in [-0.39, 0.29) is 17.4 Å².